The lowest BCUT2D eigenvalue weighted by atomic mass is 10.1. The molecule has 0 spiro atoms. The summed E-state index contributed by atoms with van der Waals surface area (Å²) in [5.41, 5.74) is 0.882. The van der Waals surface area contributed by atoms with Crippen molar-refractivity contribution in [2.24, 2.45) is 5.92 Å². The van der Waals surface area contributed by atoms with Crippen molar-refractivity contribution in [3.05, 3.63) is 35.6 Å². The predicted octanol–water partition coefficient (Wildman–Crippen LogP) is 1.51. The number of urea groups is 1. The highest BCUT2D eigenvalue weighted by Gasteiger charge is 2.16. The van der Waals surface area contributed by atoms with Crippen molar-refractivity contribution < 1.29 is 9.18 Å². The summed E-state index contributed by atoms with van der Waals surface area (Å²) >= 11 is 0. The highest BCUT2D eigenvalue weighted by molar-refractivity contribution is 5.73. The second-order valence-electron chi connectivity index (χ2n) is 6.40. The third-order valence-corrected chi connectivity index (χ3v) is 4.14. The van der Waals surface area contributed by atoms with Crippen molar-refractivity contribution in [1.29, 1.82) is 0 Å². The molecule has 1 aromatic rings. The zero-order valence-corrected chi connectivity index (χ0v) is 14.0. The minimum Gasteiger partial charge on any atom is -0.338 e. The molecule has 1 aliphatic rings. The van der Waals surface area contributed by atoms with Crippen molar-refractivity contribution >= 4 is 6.03 Å². The normalized spacial score (nSPS) is 17.7. The molecular weight excluding hydrogens is 295 g/mol. The van der Waals surface area contributed by atoms with Gasteiger partial charge in [-0.3, -0.25) is 0 Å². The Morgan fingerprint density at radius 1 is 1.17 bits per heavy atom. The van der Waals surface area contributed by atoms with Gasteiger partial charge in [-0.2, -0.15) is 0 Å². The zero-order valence-electron chi connectivity index (χ0n) is 14.0. The van der Waals surface area contributed by atoms with Crippen LogP contribution in [0.3, 0.4) is 0 Å². The molecule has 1 unspecified atom stereocenters. The third-order valence-electron chi connectivity index (χ3n) is 4.14. The molecule has 1 heterocycles. The number of nitrogens with zero attached hydrogens (tertiary/aromatic N) is 2. The first-order chi connectivity index (χ1) is 11.0. The Morgan fingerprint density at radius 3 is 2.48 bits per heavy atom. The van der Waals surface area contributed by atoms with E-state index in [1.54, 1.807) is 12.1 Å². The largest absolute Gasteiger partial charge is 0.338 e. The number of carbonyl (C=O) groups is 1. The lowest BCUT2D eigenvalue weighted by Crippen LogP contribution is -2.47. The lowest BCUT2D eigenvalue weighted by Gasteiger charge is -2.33. The van der Waals surface area contributed by atoms with Gasteiger partial charge in [0.1, 0.15) is 5.82 Å². The minimum atomic E-state index is -0.268. The van der Waals surface area contributed by atoms with Crippen molar-refractivity contribution in [3.8, 4) is 0 Å². The van der Waals surface area contributed by atoms with Crippen LogP contribution < -0.4 is 10.6 Å². The molecule has 0 saturated carbocycles. The number of hydrogen-bond acceptors (Lipinski definition) is 3. The first kappa shape index (κ1) is 17.7. The van der Waals surface area contributed by atoms with E-state index in [2.05, 4.69) is 34.4 Å². The first-order valence-electron chi connectivity index (χ1n) is 8.20. The quantitative estimate of drug-likeness (QED) is 0.835. The molecule has 1 aromatic carbocycles. The standard InChI is InChI=1S/C17H27FN4O/c1-14(13-22-9-7-21(2)8-10-22)11-19-17(23)20-12-15-3-5-16(18)6-4-15/h3-6,14H,7-13H2,1-2H3,(H2,19,20,23). The minimum absolute atomic E-state index is 0.181. The molecule has 2 amide bonds. The number of carbonyl (C=O) groups excluding carboxylic acids is 1. The Balaban J connectivity index is 1.60. The monoisotopic (exact) mass is 322 g/mol. The second-order valence-corrected chi connectivity index (χ2v) is 6.40. The molecule has 0 aromatic heterocycles. The number of amides is 2. The van der Waals surface area contributed by atoms with Crippen molar-refractivity contribution in [2.75, 3.05) is 46.3 Å². The number of rotatable bonds is 6. The zero-order chi connectivity index (χ0) is 16.7. The van der Waals surface area contributed by atoms with Gasteiger partial charge >= 0.3 is 6.03 Å². The van der Waals surface area contributed by atoms with Crippen LogP contribution in [0.1, 0.15) is 12.5 Å². The summed E-state index contributed by atoms with van der Waals surface area (Å²) in [5.74, 6) is 0.144. The van der Waals surface area contributed by atoms with Gasteiger partial charge in [0, 0.05) is 45.8 Å². The summed E-state index contributed by atoms with van der Waals surface area (Å²) in [7, 11) is 2.15. The van der Waals surface area contributed by atoms with Crippen LogP contribution in [-0.4, -0.2) is 62.1 Å². The Labute approximate surface area is 137 Å². The molecule has 1 fully saturated rings. The average molecular weight is 322 g/mol. The number of benzene rings is 1. The smallest absolute Gasteiger partial charge is 0.315 e. The maximum Gasteiger partial charge on any atom is 0.315 e. The van der Waals surface area contributed by atoms with Crippen molar-refractivity contribution in [1.82, 2.24) is 20.4 Å². The van der Waals surface area contributed by atoms with E-state index in [1.807, 2.05) is 0 Å². The van der Waals surface area contributed by atoms with E-state index in [0.717, 1.165) is 38.3 Å². The summed E-state index contributed by atoms with van der Waals surface area (Å²) in [5, 5.41) is 5.69. The number of hydrogen-bond donors (Lipinski definition) is 2. The Bertz CT molecular complexity index is 486. The molecular formula is C17H27FN4O. The summed E-state index contributed by atoms with van der Waals surface area (Å²) in [6.07, 6.45) is 0. The molecule has 5 nitrogen and oxygen atoms in total. The number of likely N-dealkylation sites (N-methyl/N-ethyl adjacent to an activating group) is 1. The maximum atomic E-state index is 12.8. The van der Waals surface area contributed by atoms with E-state index in [-0.39, 0.29) is 11.8 Å². The SMILES string of the molecule is CC(CNC(=O)NCc1ccc(F)cc1)CN1CCN(C)CC1. The molecule has 0 aliphatic carbocycles. The van der Waals surface area contributed by atoms with Crippen LogP contribution >= 0.6 is 0 Å². The molecule has 0 bridgehead atoms. The number of piperazine rings is 1. The van der Waals surface area contributed by atoms with Gasteiger partial charge in [0.05, 0.1) is 0 Å². The van der Waals surface area contributed by atoms with Crippen LogP contribution in [0.15, 0.2) is 24.3 Å². The van der Waals surface area contributed by atoms with Gasteiger partial charge in [0.25, 0.3) is 0 Å². The predicted molar refractivity (Wildman–Crippen MR) is 89.7 cm³/mol. The Kier molecular flexibility index (Phi) is 6.80. The fraction of sp³-hybridized carbons (Fsp3) is 0.588. The highest BCUT2D eigenvalue weighted by atomic mass is 19.1. The van der Waals surface area contributed by atoms with Crippen molar-refractivity contribution in [2.45, 2.75) is 13.5 Å². The first-order valence-corrected chi connectivity index (χ1v) is 8.20. The van der Waals surface area contributed by atoms with Crippen LogP contribution in [0, 0.1) is 11.7 Å². The van der Waals surface area contributed by atoms with Crippen LogP contribution in [-0.2, 0) is 6.54 Å². The van der Waals surface area contributed by atoms with Crippen LogP contribution in [0.25, 0.3) is 0 Å². The van der Waals surface area contributed by atoms with E-state index in [0.29, 0.717) is 19.0 Å². The molecule has 1 saturated heterocycles. The molecule has 6 heteroatoms. The summed E-state index contributed by atoms with van der Waals surface area (Å²) in [6.45, 7) is 8.62. The van der Waals surface area contributed by atoms with E-state index in [1.165, 1.54) is 12.1 Å². The third kappa shape index (κ3) is 6.54. The average Bonchev–Trinajstić information content (AvgIpc) is 2.54. The number of nitrogens with one attached hydrogen (secondary N) is 2. The highest BCUT2D eigenvalue weighted by Crippen LogP contribution is 2.04. The summed E-state index contributed by atoms with van der Waals surface area (Å²) in [4.78, 5) is 16.6. The van der Waals surface area contributed by atoms with E-state index in [4.69, 9.17) is 0 Å². The summed E-state index contributed by atoms with van der Waals surface area (Å²) in [6, 6.07) is 5.96. The Hall–Kier alpha value is -1.66. The van der Waals surface area contributed by atoms with Crippen LogP contribution in [0.4, 0.5) is 9.18 Å². The molecule has 2 rings (SSSR count). The molecule has 128 valence electrons. The van der Waals surface area contributed by atoms with Gasteiger partial charge in [-0.05, 0) is 30.7 Å². The maximum absolute atomic E-state index is 12.8. The van der Waals surface area contributed by atoms with Gasteiger partial charge in [-0.25, -0.2) is 9.18 Å². The van der Waals surface area contributed by atoms with Crippen molar-refractivity contribution in [3.63, 3.8) is 0 Å². The van der Waals surface area contributed by atoms with Gasteiger partial charge in [-0.1, -0.05) is 19.1 Å². The molecule has 1 aliphatic heterocycles. The van der Waals surface area contributed by atoms with E-state index < -0.39 is 0 Å². The van der Waals surface area contributed by atoms with Gasteiger partial charge in [0.15, 0.2) is 0 Å². The van der Waals surface area contributed by atoms with Gasteiger partial charge < -0.3 is 20.4 Å². The fourth-order valence-corrected chi connectivity index (χ4v) is 2.65. The van der Waals surface area contributed by atoms with E-state index in [9.17, 15) is 9.18 Å². The summed E-state index contributed by atoms with van der Waals surface area (Å²) < 4.78 is 12.8. The van der Waals surface area contributed by atoms with Crippen LogP contribution in [0.2, 0.25) is 0 Å². The lowest BCUT2D eigenvalue weighted by molar-refractivity contribution is 0.138. The van der Waals surface area contributed by atoms with Crippen LogP contribution in [0.5, 0.6) is 0 Å². The Morgan fingerprint density at radius 2 is 1.83 bits per heavy atom. The molecule has 23 heavy (non-hydrogen) atoms. The van der Waals surface area contributed by atoms with Gasteiger partial charge in [0.2, 0.25) is 0 Å². The molecule has 1 atom stereocenters. The molecule has 2 N–H and O–H groups in total. The molecule has 0 radical (unpaired) electrons. The fourth-order valence-electron chi connectivity index (χ4n) is 2.65. The van der Waals surface area contributed by atoms with Gasteiger partial charge in [-0.15, -0.1) is 0 Å². The number of halogens is 1. The topological polar surface area (TPSA) is 47.6 Å². The second kappa shape index (κ2) is 8.84. The van der Waals surface area contributed by atoms with E-state index >= 15 is 0 Å².